The molecular weight excluding hydrogens is 639 g/mol. The van der Waals surface area contributed by atoms with Gasteiger partial charge in [-0.2, -0.15) is 47.9 Å². The first-order chi connectivity index (χ1) is 20.1. The smallest absolute Gasteiger partial charge is 0.383 e. The molecule has 4 fully saturated rings. The molecule has 0 unspecified atom stereocenters. The average molecular weight is 675 g/mol. The third-order valence-electron chi connectivity index (χ3n) is 10.9. The fourth-order valence-electron chi connectivity index (χ4n) is 8.64. The molecule has 0 amide bonds. The van der Waals surface area contributed by atoms with Crippen molar-refractivity contribution in [1.82, 2.24) is 0 Å². The first kappa shape index (κ1) is 34.0. The van der Waals surface area contributed by atoms with Crippen LogP contribution in [0.3, 0.4) is 0 Å². The van der Waals surface area contributed by atoms with Gasteiger partial charge in [0.2, 0.25) is 0 Å². The normalized spacial score (nSPS) is 37.7. The molecule has 0 bridgehead atoms. The minimum atomic E-state index is -7.40. The minimum absolute atomic E-state index is 0.178. The lowest BCUT2D eigenvalue weighted by atomic mass is 9.46. The van der Waals surface area contributed by atoms with Crippen molar-refractivity contribution >= 4 is 10.1 Å². The Labute approximate surface area is 248 Å². The molecule has 1 spiro atoms. The molecule has 1 aliphatic heterocycles. The molecule has 7 nitrogen and oxygen atoms in total. The van der Waals surface area contributed by atoms with Gasteiger partial charge in [0.1, 0.15) is 12.6 Å². The zero-order valence-corrected chi connectivity index (χ0v) is 25.0. The summed E-state index contributed by atoms with van der Waals surface area (Å²) < 4.78 is 177. The Bertz CT molecular complexity index is 1250. The van der Waals surface area contributed by atoms with E-state index in [1.807, 2.05) is 0 Å². The van der Waals surface area contributed by atoms with Crippen LogP contribution in [0.15, 0.2) is 11.8 Å². The maximum absolute atomic E-state index is 14.9. The van der Waals surface area contributed by atoms with Crippen LogP contribution < -0.4 is 0 Å². The molecule has 0 N–H and O–H groups in total. The molecule has 0 aromatic heterocycles. The molecule has 7 atom stereocenters. The van der Waals surface area contributed by atoms with Crippen molar-refractivity contribution in [1.29, 1.82) is 0 Å². The lowest BCUT2D eigenvalue weighted by molar-refractivity contribution is -0.382. The van der Waals surface area contributed by atoms with E-state index in [-0.39, 0.29) is 18.6 Å². The van der Waals surface area contributed by atoms with Crippen LogP contribution in [0, 0.1) is 34.5 Å². The predicted octanol–water partition coefficient (Wildman–Crippen LogP) is 6.64. The molecule has 0 aromatic rings. The Balaban J connectivity index is 1.58. The lowest BCUT2D eigenvalue weighted by Crippen LogP contribution is -2.63. The van der Waals surface area contributed by atoms with E-state index < -0.39 is 73.7 Å². The summed E-state index contributed by atoms with van der Waals surface area (Å²) >= 11 is 0. The largest absolute Gasteiger partial charge is 0.460 e. The van der Waals surface area contributed by atoms with Crippen molar-refractivity contribution in [2.24, 2.45) is 34.5 Å². The fourth-order valence-corrected chi connectivity index (χ4v) is 9.59. The molecular formula is C27H35F9O7S. The third kappa shape index (κ3) is 4.79. The Morgan fingerprint density at radius 1 is 0.909 bits per heavy atom. The van der Waals surface area contributed by atoms with Gasteiger partial charge >= 0.3 is 33.4 Å². The number of hydrogen-bond donors (Lipinski definition) is 0. The molecule has 17 heteroatoms. The second-order valence-corrected chi connectivity index (χ2v) is 14.7. The van der Waals surface area contributed by atoms with Gasteiger partial charge in [0, 0.05) is 31.3 Å². The molecule has 254 valence electrons. The highest BCUT2D eigenvalue weighted by molar-refractivity contribution is 7.88. The molecule has 0 aromatic carbocycles. The highest BCUT2D eigenvalue weighted by atomic mass is 32.2. The SMILES string of the molecule is COCO[C@H]1CC[C@H]2[C@@H]3CC[C@H]4CC5(CC[C@]4(C)[C@H]3C(OS(=O)(=O)C(F)(F)C(F)(F)C(F)(F)C(F)(F)F)=C[C@]12C)OCCO5. The first-order valence-corrected chi connectivity index (χ1v) is 15.8. The van der Waals surface area contributed by atoms with Crippen LogP contribution in [0.2, 0.25) is 0 Å². The van der Waals surface area contributed by atoms with Crippen molar-refractivity contribution in [2.75, 3.05) is 27.1 Å². The van der Waals surface area contributed by atoms with Crippen molar-refractivity contribution in [3.63, 3.8) is 0 Å². The minimum Gasteiger partial charge on any atom is -0.383 e. The van der Waals surface area contributed by atoms with Crippen molar-refractivity contribution in [2.45, 2.75) is 94.0 Å². The van der Waals surface area contributed by atoms with E-state index in [0.717, 1.165) is 0 Å². The maximum atomic E-state index is 14.9. The number of alkyl halides is 9. The van der Waals surface area contributed by atoms with Gasteiger partial charge in [0.25, 0.3) is 0 Å². The highest BCUT2D eigenvalue weighted by Gasteiger charge is 2.86. The van der Waals surface area contributed by atoms with Gasteiger partial charge in [-0.25, -0.2) is 0 Å². The Kier molecular flexibility index (Phi) is 8.21. The Morgan fingerprint density at radius 3 is 2.14 bits per heavy atom. The second-order valence-electron chi connectivity index (χ2n) is 13.1. The van der Waals surface area contributed by atoms with Gasteiger partial charge in [-0.1, -0.05) is 13.8 Å². The summed E-state index contributed by atoms with van der Waals surface area (Å²) in [6, 6.07) is 0. The number of fused-ring (bicyclic) bond motifs is 5. The topological polar surface area (TPSA) is 80.3 Å². The van der Waals surface area contributed by atoms with Crippen LogP contribution in [-0.2, 0) is 33.2 Å². The lowest BCUT2D eigenvalue weighted by Gasteiger charge is -2.60. The summed E-state index contributed by atoms with van der Waals surface area (Å²) in [5.41, 5.74) is -1.96. The summed E-state index contributed by atoms with van der Waals surface area (Å²) in [6.07, 6.45) is -3.51. The Hall–Kier alpha value is -1.30. The van der Waals surface area contributed by atoms with Gasteiger partial charge in [0.05, 0.1) is 19.3 Å². The summed E-state index contributed by atoms with van der Waals surface area (Å²) in [5.74, 6) is -18.2. The first-order valence-electron chi connectivity index (χ1n) is 14.4. The van der Waals surface area contributed by atoms with E-state index in [1.54, 1.807) is 13.8 Å². The summed E-state index contributed by atoms with van der Waals surface area (Å²) in [7, 11) is -5.78. The van der Waals surface area contributed by atoms with Gasteiger partial charge in [-0.05, 0) is 61.3 Å². The molecule has 0 radical (unpaired) electrons. The maximum Gasteiger partial charge on any atom is 0.460 e. The van der Waals surface area contributed by atoms with Crippen LogP contribution in [0.25, 0.3) is 0 Å². The zero-order chi connectivity index (χ0) is 32.8. The zero-order valence-electron chi connectivity index (χ0n) is 24.2. The van der Waals surface area contributed by atoms with Crippen LogP contribution in [-0.4, -0.2) is 70.7 Å². The molecule has 1 saturated heterocycles. The third-order valence-corrected chi connectivity index (χ3v) is 12.2. The summed E-state index contributed by atoms with van der Waals surface area (Å²) in [6.45, 7) is 3.99. The van der Waals surface area contributed by atoms with Crippen molar-refractivity contribution in [3.05, 3.63) is 11.8 Å². The predicted molar refractivity (Wildman–Crippen MR) is 133 cm³/mol. The van der Waals surface area contributed by atoms with Crippen molar-refractivity contribution in [3.8, 4) is 0 Å². The second kappa shape index (κ2) is 10.6. The van der Waals surface area contributed by atoms with Crippen LogP contribution in [0.4, 0.5) is 39.5 Å². The molecule has 1 heterocycles. The quantitative estimate of drug-likeness (QED) is 0.162. The number of rotatable bonds is 8. The van der Waals surface area contributed by atoms with E-state index >= 15 is 0 Å². The number of allylic oxidation sites excluding steroid dienone is 1. The van der Waals surface area contributed by atoms with Gasteiger partial charge in [0.15, 0.2) is 5.79 Å². The van der Waals surface area contributed by atoms with Gasteiger partial charge in [-0.15, -0.1) is 0 Å². The van der Waals surface area contributed by atoms with E-state index in [9.17, 15) is 47.9 Å². The average Bonchev–Trinajstić information content (AvgIpc) is 3.50. The van der Waals surface area contributed by atoms with Gasteiger partial charge < -0.3 is 23.1 Å². The monoisotopic (exact) mass is 674 g/mol. The number of methoxy groups -OCH3 is 1. The van der Waals surface area contributed by atoms with Crippen LogP contribution in [0.5, 0.6) is 0 Å². The van der Waals surface area contributed by atoms with Gasteiger partial charge in [-0.3, -0.25) is 0 Å². The summed E-state index contributed by atoms with van der Waals surface area (Å²) in [4.78, 5) is 0. The van der Waals surface area contributed by atoms with Crippen LogP contribution >= 0.6 is 0 Å². The van der Waals surface area contributed by atoms with Crippen molar-refractivity contribution < 1.29 is 71.1 Å². The highest BCUT2D eigenvalue weighted by Crippen LogP contribution is 2.68. The standard InChI is InChI=1S/C27H35F9O7S/c1-21-8-9-23(41-10-11-42-23)12-15(21)4-5-16-17-6-7-19(40-14-39-3)22(17,2)13-18(20(16)21)43-44(37,38)27(35,36)25(30,31)24(28,29)26(32,33)34/h13,15-17,19-20H,4-12,14H2,1-3H3/t15-,16-,17-,19-,20+,21-,22-/m0/s1. The fraction of sp³-hybridized carbons (Fsp3) is 0.926. The number of hydrogen-bond acceptors (Lipinski definition) is 7. The summed E-state index contributed by atoms with van der Waals surface area (Å²) in [5, 5.41) is -6.97. The van der Waals surface area contributed by atoms with E-state index in [2.05, 4.69) is 0 Å². The van der Waals surface area contributed by atoms with E-state index in [0.29, 0.717) is 58.2 Å². The molecule has 5 rings (SSSR count). The molecule has 3 saturated carbocycles. The van der Waals surface area contributed by atoms with Crippen LogP contribution in [0.1, 0.15) is 58.8 Å². The molecule has 4 aliphatic carbocycles. The number of halogens is 9. The molecule has 5 aliphatic rings. The van der Waals surface area contributed by atoms with E-state index in [1.165, 1.54) is 13.2 Å². The number of ether oxygens (including phenoxy) is 4. The Morgan fingerprint density at radius 2 is 1.55 bits per heavy atom. The molecule has 44 heavy (non-hydrogen) atoms. The van der Waals surface area contributed by atoms with E-state index in [4.69, 9.17) is 23.1 Å².